The molecule has 0 spiro atoms. The van der Waals surface area contributed by atoms with Crippen LogP contribution in [0.3, 0.4) is 0 Å². The lowest BCUT2D eigenvalue weighted by atomic mass is 9.85. The van der Waals surface area contributed by atoms with Crippen LogP contribution in [0.1, 0.15) is 37.8 Å². The van der Waals surface area contributed by atoms with E-state index in [4.69, 9.17) is 4.74 Å². The van der Waals surface area contributed by atoms with Gasteiger partial charge >= 0.3 is 0 Å². The Morgan fingerprint density at radius 1 is 1.41 bits per heavy atom. The van der Waals surface area contributed by atoms with E-state index in [1.165, 1.54) is 18.9 Å². The average Bonchev–Trinajstić information content (AvgIpc) is 3.13. The van der Waals surface area contributed by atoms with Crippen molar-refractivity contribution < 1.29 is 9.13 Å². The van der Waals surface area contributed by atoms with Gasteiger partial charge in [0.2, 0.25) is 0 Å². The highest BCUT2D eigenvalue weighted by atomic mass is 19.1. The number of benzene rings is 1. The van der Waals surface area contributed by atoms with Crippen molar-refractivity contribution in [1.29, 1.82) is 0 Å². The van der Waals surface area contributed by atoms with Gasteiger partial charge < -0.3 is 10.1 Å². The quantitative estimate of drug-likeness (QED) is 0.850. The summed E-state index contributed by atoms with van der Waals surface area (Å²) in [7, 11) is 1.93. The number of nitrogens with one attached hydrogen (secondary N) is 1. The molecule has 92 valence electrons. The van der Waals surface area contributed by atoms with E-state index in [-0.39, 0.29) is 17.5 Å². The normalized spacial score (nSPS) is 31.8. The fourth-order valence-corrected chi connectivity index (χ4v) is 2.89. The second-order valence-corrected chi connectivity index (χ2v) is 5.42. The van der Waals surface area contributed by atoms with Crippen molar-refractivity contribution in [3.8, 4) is 5.75 Å². The minimum absolute atomic E-state index is 0.0848. The van der Waals surface area contributed by atoms with Gasteiger partial charge in [-0.1, -0.05) is 0 Å². The van der Waals surface area contributed by atoms with E-state index >= 15 is 0 Å². The second-order valence-electron chi connectivity index (χ2n) is 5.42. The van der Waals surface area contributed by atoms with Crippen LogP contribution in [-0.2, 0) is 0 Å². The molecule has 1 aliphatic heterocycles. The molecule has 3 rings (SSSR count). The molecule has 2 atom stereocenters. The lowest BCUT2D eigenvalue weighted by Gasteiger charge is -2.40. The van der Waals surface area contributed by atoms with Crippen molar-refractivity contribution in [3.05, 3.63) is 29.6 Å². The molecule has 17 heavy (non-hydrogen) atoms. The molecule has 1 fully saturated rings. The average molecular weight is 235 g/mol. The molecule has 0 bridgehead atoms. The summed E-state index contributed by atoms with van der Waals surface area (Å²) in [6.07, 6.45) is 3.43. The molecular formula is C14H18FNO. The topological polar surface area (TPSA) is 21.3 Å². The second kappa shape index (κ2) is 3.70. The standard InChI is InChI=1S/C14H18FNO/c1-14(9-3-4-9)8-12(16-2)11-7-10(15)5-6-13(11)17-14/h5-7,9,12,16H,3-4,8H2,1-2H3. The first-order valence-electron chi connectivity index (χ1n) is 6.28. The van der Waals surface area contributed by atoms with Gasteiger partial charge in [0.25, 0.3) is 0 Å². The minimum atomic E-state index is -0.192. The Bertz CT molecular complexity index is 444. The fraction of sp³-hybridized carbons (Fsp3) is 0.571. The first-order valence-corrected chi connectivity index (χ1v) is 6.28. The maximum absolute atomic E-state index is 13.3. The largest absolute Gasteiger partial charge is 0.487 e. The van der Waals surface area contributed by atoms with Crippen LogP contribution < -0.4 is 10.1 Å². The third-order valence-corrected chi connectivity index (χ3v) is 4.09. The van der Waals surface area contributed by atoms with E-state index in [1.807, 2.05) is 7.05 Å². The molecule has 0 aromatic heterocycles. The molecule has 1 heterocycles. The molecule has 2 unspecified atom stereocenters. The zero-order chi connectivity index (χ0) is 12.0. The van der Waals surface area contributed by atoms with Gasteiger partial charge in [0.05, 0.1) is 0 Å². The first kappa shape index (κ1) is 11.0. The Hall–Kier alpha value is -1.09. The monoisotopic (exact) mass is 235 g/mol. The van der Waals surface area contributed by atoms with Crippen molar-refractivity contribution in [2.24, 2.45) is 5.92 Å². The first-order chi connectivity index (χ1) is 8.12. The summed E-state index contributed by atoms with van der Waals surface area (Å²) in [4.78, 5) is 0. The Labute approximate surface area is 101 Å². The van der Waals surface area contributed by atoms with E-state index in [1.54, 1.807) is 12.1 Å². The van der Waals surface area contributed by atoms with Gasteiger partial charge in [0, 0.05) is 18.0 Å². The third kappa shape index (κ3) is 1.82. The predicted molar refractivity (Wildman–Crippen MR) is 64.6 cm³/mol. The molecule has 1 aromatic rings. The summed E-state index contributed by atoms with van der Waals surface area (Å²) < 4.78 is 19.4. The molecule has 1 saturated carbocycles. The van der Waals surface area contributed by atoms with Crippen molar-refractivity contribution >= 4 is 0 Å². The minimum Gasteiger partial charge on any atom is -0.487 e. The molecular weight excluding hydrogens is 217 g/mol. The van der Waals surface area contributed by atoms with E-state index < -0.39 is 0 Å². The third-order valence-electron chi connectivity index (χ3n) is 4.09. The summed E-state index contributed by atoms with van der Waals surface area (Å²) in [5.41, 5.74) is 0.865. The summed E-state index contributed by atoms with van der Waals surface area (Å²) in [5.74, 6) is 1.31. The van der Waals surface area contributed by atoms with Gasteiger partial charge in [-0.2, -0.15) is 0 Å². The Balaban J connectivity index is 1.99. The Morgan fingerprint density at radius 3 is 2.82 bits per heavy atom. The van der Waals surface area contributed by atoms with Crippen LogP contribution in [0.5, 0.6) is 5.75 Å². The van der Waals surface area contributed by atoms with Crippen LogP contribution in [-0.4, -0.2) is 12.6 Å². The van der Waals surface area contributed by atoms with Crippen LogP contribution in [0.15, 0.2) is 18.2 Å². The lowest BCUT2D eigenvalue weighted by Crippen LogP contribution is -2.43. The van der Waals surface area contributed by atoms with Crippen LogP contribution >= 0.6 is 0 Å². The van der Waals surface area contributed by atoms with Crippen molar-refractivity contribution in [1.82, 2.24) is 5.32 Å². The SMILES string of the molecule is CNC1CC(C)(C2CC2)Oc2ccc(F)cc21. The lowest BCUT2D eigenvalue weighted by molar-refractivity contribution is 0.0278. The van der Waals surface area contributed by atoms with Crippen LogP contribution in [0.25, 0.3) is 0 Å². The number of hydrogen-bond donors (Lipinski definition) is 1. The Kier molecular flexibility index (Phi) is 2.40. The molecule has 1 aromatic carbocycles. The number of rotatable bonds is 2. The smallest absolute Gasteiger partial charge is 0.125 e. The molecule has 3 heteroatoms. The number of fused-ring (bicyclic) bond motifs is 1. The predicted octanol–water partition coefficient (Wildman–Crippen LogP) is 3.04. The zero-order valence-electron chi connectivity index (χ0n) is 10.3. The fourth-order valence-electron chi connectivity index (χ4n) is 2.89. The summed E-state index contributed by atoms with van der Waals surface area (Å²) >= 11 is 0. The zero-order valence-corrected chi connectivity index (χ0v) is 10.3. The van der Waals surface area contributed by atoms with Crippen LogP contribution in [0, 0.1) is 11.7 Å². The van der Waals surface area contributed by atoms with Crippen molar-refractivity contribution in [2.75, 3.05) is 7.05 Å². The molecule has 0 amide bonds. The highest BCUT2D eigenvalue weighted by Gasteiger charge is 2.47. The number of hydrogen-bond acceptors (Lipinski definition) is 2. The van der Waals surface area contributed by atoms with Crippen molar-refractivity contribution in [2.45, 2.75) is 37.8 Å². The summed E-state index contributed by atoms with van der Waals surface area (Å²) in [5, 5.41) is 3.28. The van der Waals surface area contributed by atoms with E-state index in [0.717, 1.165) is 17.7 Å². The number of ether oxygens (including phenoxy) is 1. The maximum atomic E-state index is 13.3. The van der Waals surface area contributed by atoms with E-state index in [2.05, 4.69) is 12.2 Å². The van der Waals surface area contributed by atoms with Crippen molar-refractivity contribution in [3.63, 3.8) is 0 Å². The van der Waals surface area contributed by atoms with Gasteiger partial charge in [-0.25, -0.2) is 4.39 Å². The van der Waals surface area contributed by atoms with Gasteiger partial charge in [-0.3, -0.25) is 0 Å². The highest BCUT2D eigenvalue weighted by Crippen LogP contribution is 2.50. The summed E-state index contributed by atoms with van der Waals surface area (Å²) in [6, 6.07) is 5.02. The molecule has 2 nitrogen and oxygen atoms in total. The Morgan fingerprint density at radius 2 is 2.18 bits per heavy atom. The highest BCUT2D eigenvalue weighted by molar-refractivity contribution is 5.39. The van der Waals surface area contributed by atoms with Gasteiger partial charge in [-0.05, 0) is 50.9 Å². The van der Waals surface area contributed by atoms with Gasteiger partial charge in [-0.15, -0.1) is 0 Å². The maximum Gasteiger partial charge on any atom is 0.125 e. The van der Waals surface area contributed by atoms with Gasteiger partial charge in [0.1, 0.15) is 17.2 Å². The molecule has 1 aliphatic carbocycles. The molecule has 0 saturated heterocycles. The van der Waals surface area contributed by atoms with Crippen LogP contribution in [0.2, 0.25) is 0 Å². The molecule has 1 N–H and O–H groups in total. The van der Waals surface area contributed by atoms with E-state index in [0.29, 0.717) is 5.92 Å². The number of halogens is 1. The van der Waals surface area contributed by atoms with Gasteiger partial charge in [0.15, 0.2) is 0 Å². The summed E-state index contributed by atoms with van der Waals surface area (Å²) in [6.45, 7) is 2.18. The van der Waals surface area contributed by atoms with Crippen LogP contribution in [0.4, 0.5) is 4.39 Å². The molecule has 0 radical (unpaired) electrons. The van der Waals surface area contributed by atoms with E-state index in [9.17, 15) is 4.39 Å². The molecule has 2 aliphatic rings.